The van der Waals surface area contributed by atoms with Gasteiger partial charge in [0.1, 0.15) is 17.5 Å². The lowest BCUT2D eigenvalue weighted by Crippen LogP contribution is -2.06. The number of nitriles is 1. The lowest BCUT2D eigenvalue weighted by atomic mass is 10.2. The summed E-state index contributed by atoms with van der Waals surface area (Å²) in [6, 6.07) is 16.6. The quantitative estimate of drug-likeness (QED) is 0.758. The van der Waals surface area contributed by atoms with Gasteiger partial charge in [0, 0.05) is 12.6 Å². The maximum atomic E-state index is 8.91. The van der Waals surface area contributed by atoms with Crippen LogP contribution >= 0.6 is 0 Å². The minimum atomic E-state index is -0.0923. The number of anilines is 1. The van der Waals surface area contributed by atoms with Gasteiger partial charge in [0.05, 0.1) is 11.6 Å². The Kier molecular flexibility index (Phi) is 4.43. The summed E-state index contributed by atoms with van der Waals surface area (Å²) in [4.78, 5) is 0. The molecule has 0 fully saturated rings. The van der Waals surface area contributed by atoms with Crippen LogP contribution in [0.3, 0.4) is 0 Å². The molecule has 0 saturated carbocycles. The predicted octanol–water partition coefficient (Wildman–Crippen LogP) is 4.22. The Bertz CT molecular complexity index is 865. The first kappa shape index (κ1) is 15.6. The van der Waals surface area contributed by atoms with Crippen molar-refractivity contribution in [1.29, 1.82) is 5.26 Å². The standard InChI is InChI=1S/C18H16N4O2/c1-12(18-22-21-13(2)23-18)20-15-6-8-16(9-7-15)24-17-5-3-4-14(10-17)11-19/h3-10,12,20H,1-2H3/t12-/m0/s1. The van der Waals surface area contributed by atoms with Crippen LogP contribution in [0, 0.1) is 18.3 Å². The number of aryl methyl sites for hydroxylation is 1. The summed E-state index contributed by atoms with van der Waals surface area (Å²) in [5, 5.41) is 20.0. The monoisotopic (exact) mass is 320 g/mol. The average Bonchev–Trinajstić information content (AvgIpc) is 3.03. The molecule has 0 bridgehead atoms. The topological polar surface area (TPSA) is 84.0 Å². The van der Waals surface area contributed by atoms with E-state index in [1.165, 1.54) is 0 Å². The maximum Gasteiger partial charge on any atom is 0.238 e. The molecule has 1 heterocycles. The van der Waals surface area contributed by atoms with Gasteiger partial charge in [-0.1, -0.05) is 6.07 Å². The summed E-state index contributed by atoms with van der Waals surface area (Å²) in [6.07, 6.45) is 0. The van der Waals surface area contributed by atoms with Crippen LogP contribution in [0.15, 0.2) is 52.9 Å². The smallest absolute Gasteiger partial charge is 0.238 e. The van der Waals surface area contributed by atoms with Crippen molar-refractivity contribution in [2.75, 3.05) is 5.32 Å². The minimum Gasteiger partial charge on any atom is -0.457 e. The van der Waals surface area contributed by atoms with Crippen LogP contribution in [-0.4, -0.2) is 10.2 Å². The van der Waals surface area contributed by atoms with Crippen LogP contribution in [0.2, 0.25) is 0 Å². The zero-order chi connectivity index (χ0) is 16.9. The molecule has 0 unspecified atom stereocenters. The van der Waals surface area contributed by atoms with Gasteiger partial charge in [-0.05, 0) is 49.4 Å². The molecule has 0 aliphatic rings. The number of aromatic nitrogens is 2. The van der Waals surface area contributed by atoms with Crippen molar-refractivity contribution in [2.45, 2.75) is 19.9 Å². The van der Waals surface area contributed by atoms with Crippen molar-refractivity contribution in [2.24, 2.45) is 0 Å². The van der Waals surface area contributed by atoms with Gasteiger partial charge in [-0.25, -0.2) is 0 Å². The average molecular weight is 320 g/mol. The fourth-order valence-electron chi connectivity index (χ4n) is 2.18. The normalized spacial score (nSPS) is 11.5. The fraction of sp³-hybridized carbons (Fsp3) is 0.167. The molecule has 1 atom stereocenters. The van der Waals surface area contributed by atoms with E-state index < -0.39 is 0 Å². The molecule has 24 heavy (non-hydrogen) atoms. The van der Waals surface area contributed by atoms with Crippen LogP contribution in [0.25, 0.3) is 0 Å². The third-order valence-corrected chi connectivity index (χ3v) is 3.35. The molecule has 3 rings (SSSR count). The van der Waals surface area contributed by atoms with Crippen molar-refractivity contribution in [3.05, 3.63) is 65.9 Å². The fourth-order valence-corrected chi connectivity index (χ4v) is 2.18. The molecule has 6 nitrogen and oxygen atoms in total. The number of benzene rings is 2. The molecular weight excluding hydrogens is 304 g/mol. The van der Waals surface area contributed by atoms with Gasteiger partial charge in [0.15, 0.2) is 0 Å². The Morgan fingerprint density at radius 1 is 1.12 bits per heavy atom. The summed E-state index contributed by atoms with van der Waals surface area (Å²) in [5.74, 6) is 2.41. The lowest BCUT2D eigenvalue weighted by molar-refractivity contribution is 0.451. The molecule has 1 N–H and O–H groups in total. The molecule has 0 amide bonds. The molecule has 0 radical (unpaired) electrons. The first-order valence-electron chi connectivity index (χ1n) is 7.48. The van der Waals surface area contributed by atoms with E-state index in [0.717, 1.165) is 5.69 Å². The third kappa shape index (κ3) is 3.70. The summed E-state index contributed by atoms with van der Waals surface area (Å²) in [6.45, 7) is 3.71. The first-order chi connectivity index (χ1) is 11.6. The second-order valence-electron chi connectivity index (χ2n) is 5.29. The first-order valence-corrected chi connectivity index (χ1v) is 7.48. The highest BCUT2D eigenvalue weighted by Gasteiger charge is 2.12. The SMILES string of the molecule is Cc1nnc([C@H](C)Nc2ccc(Oc3cccc(C#N)c3)cc2)o1. The van der Waals surface area contributed by atoms with Crippen LogP contribution in [-0.2, 0) is 0 Å². The van der Waals surface area contributed by atoms with Gasteiger partial charge in [-0.2, -0.15) is 5.26 Å². The van der Waals surface area contributed by atoms with E-state index in [1.54, 1.807) is 25.1 Å². The maximum absolute atomic E-state index is 8.91. The van der Waals surface area contributed by atoms with Gasteiger partial charge in [-0.15, -0.1) is 10.2 Å². The molecule has 120 valence electrons. The van der Waals surface area contributed by atoms with Crippen LogP contribution in [0.4, 0.5) is 5.69 Å². The summed E-state index contributed by atoms with van der Waals surface area (Å²) in [5.41, 5.74) is 1.48. The number of hydrogen-bond acceptors (Lipinski definition) is 6. The van der Waals surface area contributed by atoms with Crippen molar-refractivity contribution in [3.63, 3.8) is 0 Å². The second-order valence-corrected chi connectivity index (χ2v) is 5.29. The van der Waals surface area contributed by atoms with E-state index >= 15 is 0 Å². The predicted molar refractivity (Wildman–Crippen MR) is 88.7 cm³/mol. The molecule has 0 saturated heterocycles. The molecular formula is C18H16N4O2. The zero-order valence-corrected chi connectivity index (χ0v) is 13.4. The van der Waals surface area contributed by atoms with Crippen LogP contribution in [0.5, 0.6) is 11.5 Å². The number of nitrogens with zero attached hydrogens (tertiary/aromatic N) is 3. The number of hydrogen-bond donors (Lipinski definition) is 1. The molecule has 0 aliphatic carbocycles. The van der Waals surface area contributed by atoms with E-state index in [2.05, 4.69) is 21.6 Å². The van der Waals surface area contributed by atoms with Gasteiger partial charge in [0.25, 0.3) is 0 Å². The van der Waals surface area contributed by atoms with E-state index in [0.29, 0.717) is 28.8 Å². The third-order valence-electron chi connectivity index (χ3n) is 3.35. The zero-order valence-electron chi connectivity index (χ0n) is 13.4. The Hall–Kier alpha value is -3.33. The molecule has 1 aromatic heterocycles. The molecule has 0 aliphatic heterocycles. The molecule has 0 spiro atoms. The highest BCUT2D eigenvalue weighted by molar-refractivity contribution is 5.48. The lowest BCUT2D eigenvalue weighted by Gasteiger charge is -2.12. The summed E-state index contributed by atoms with van der Waals surface area (Å²) < 4.78 is 11.2. The van der Waals surface area contributed by atoms with E-state index in [1.807, 2.05) is 37.3 Å². The van der Waals surface area contributed by atoms with E-state index in [4.69, 9.17) is 14.4 Å². The van der Waals surface area contributed by atoms with Gasteiger partial charge in [-0.3, -0.25) is 0 Å². The molecule has 6 heteroatoms. The van der Waals surface area contributed by atoms with Gasteiger partial charge >= 0.3 is 0 Å². The Morgan fingerprint density at radius 3 is 2.58 bits per heavy atom. The van der Waals surface area contributed by atoms with Crippen molar-refractivity contribution in [1.82, 2.24) is 10.2 Å². The second kappa shape index (κ2) is 6.84. The van der Waals surface area contributed by atoms with Gasteiger partial charge in [0.2, 0.25) is 11.8 Å². The number of nitrogens with one attached hydrogen (secondary N) is 1. The summed E-state index contributed by atoms with van der Waals surface area (Å²) in [7, 11) is 0. The largest absolute Gasteiger partial charge is 0.457 e. The van der Waals surface area contributed by atoms with Crippen LogP contribution in [0.1, 0.15) is 30.3 Å². The van der Waals surface area contributed by atoms with Crippen molar-refractivity contribution >= 4 is 5.69 Å². The van der Waals surface area contributed by atoms with Crippen LogP contribution < -0.4 is 10.1 Å². The number of ether oxygens (including phenoxy) is 1. The molecule has 2 aromatic carbocycles. The van der Waals surface area contributed by atoms with E-state index in [9.17, 15) is 0 Å². The Balaban J connectivity index is 1.66. The molecule has 3 aromatic rings. The highest BCUT2D eigenvalue weighted by atomic mass is 16.5. The van der Waals surface area contributed by atoms with E-state index in [-0.39, 0.29) is 6.04 Å². The van der Waals surface area contributed by atoms with Crippen molar-refractivity contribution < 1.29 is 9.15 Å². The Labute approximate surface area is 139 Å². The number of rotatable bonds is 5. The van der Waals surface area contributed by atoms with Gasteiger partial charge < -0.3 is 14.5 Å². The summed E-state index contributed by atoms with van der Waals surface area (Å²) >= 11 is 0. The minimum absolute atomic E-state index is 0.0923. The Morgan fingerprint density at radius 2 is 1.92 bits per heavy atom. The van der Waals surface area contributed by atoms with Crippen molar-refractivity contribution in [3.8, 4) is 17.6 Å². The highest BCUT2D eigenvalue weighted by Crippen LogP contribution is 2.25.